The van der Waals surface area contributed by atoms with Gasteiger partial charge >= 0.3 is 0 Å². The van der Waals surface area contributed by atoms with Crippen LogP contribution in [0.2, 0.25) is 0 Å². The number of likely N-dealkylation sites (N-methyl/N-ethyl adjacent to an activating group) is 1. The molecule has 2 aromatic carbocycles. The number of carbonyl (C=O) groups is 1. The standard InChI is InChI=1S/C26H37N3O4/c1-29(2)14-13-28-25(31)18-33-24-12-11-20-8-6-7-19(16-23(20)26(24)27)15-21(30)17-32-22-9-4-3-5-10-22/h3-5,9-12,19,21,30H,6-8,13-18,27H2,1-2H3,(H,28,31)/t19?,21-/m0/s1. The van der Waals surface area contributed by atoms with Crippen LogP contribution in [0.25, 0.3) is 0 Å². The summed E-state index contributed by atoms with van der Waals surface area (Å²) in [6.45, 7) is 1.56. The number of aliphatic hydroxyl groups excluding tert-OH is 1. The topological polar surface area (TPSA) is 97.1 Å². The van der Waals surface area contributed by atoms with Crippen LogP contribution in [0.3, 0.4) is 0 Å². The average molecular weight is 456 g/mol. The largest absolute Gasteiger partial charge is 0.491 e. The molecule has 0 radical (unpaired) electrons. The Morgan fingerprint density at radius 1 is 1.21 bits per heavy atom. The lowest BCUT2D eigenvalue weighted by Gasteiger charge is -2.21. The minimum absolute atomic E-state index is 0.0601. The van der Waals surface area contributed by atoms with Crippen molar-refractivity contribution < 1.29 is 19.4 Å². The Bertz CT molecular complexity index is 889. The molecule has 1 aliphatic rings. The van der Waals surface area contributed by atoms with Crippen molar-refractivity contribution in [2.75, 3.05) is 46.1 Å². The van der Waals surface area contributed by atoms with Gasteiger partial charge in [0.25, 0.3) is 5.91 Å². The third kappa shape index (κ3) is 7.94. The number of nitrogens with two attached hydrogens (primary N) is 1. The molecular formula is C26H37N3O4. The van der Waals surface area contributed by atoms with E-state index in [1.54, 1.807) is 0 Å². The molecule has 1 unspecified atom stereocenters. The van der Waals surface area contributed by atoms with E-state index in [2.05, 4.69) is 11.4 Å². The van der Waals surface area contributed by atoms with Crippen LogP contribution in [0.4, 0.5) is 5.69 Å². The molecule has 0 spiro atoms. The minimum Gasteiger partial charge on any atom is -0.491 e. The van der Waals surface area contributed by atoms with Crippen molar-refractivity contribution >= 4 is 11.6 Å². The highest BCUT2D eigenvalue weighted by Gasteiger charge is 2.23. The molecule has 4 N–H and O–H groups in total. The van der Waals surface area contributed by atoms with E-state index in [0.29, 0.717) is 30.3 Å². The number of nitrogens with one attached hydrogen (secondary N) is 1. The number of fused-ring (bicyclic) bond motifs is 1. The summed E-state index contributed by atoms with van der Waals surface area (Å²) >= 11 is 0. The summed E-state index contributed by atoms with van der Waals surface area (Å²) in [6, 6.07) is 13.5. The number of nitrogen functional groups attached to an aromatic ring is 1. The van der Waals surface area contributed by atoms with Crippen LogP contribution < -0.4 is 20.5 Å². The number of carbonyl (C=O) groups excluding carboxylic acids is 1. The predicted molar refractivity (Wildman–Crippen MR) is 131 cm³/mol. The van der Waals surface area contributed by atoms with Gasteiger partial charge in [-0.05, 0) is 81.4 Å². The Morgan fingerprint density at radius 3 is 2.76 bits per heavy atom. The maximum atomic E-state index is 12.1. The number of hydrogen-bond donors (Lipinski definition) is 3. The molecule has 3 rings (SSSR count). The van der Waals surface area contributed by atoms with Crippen LogP contribution in [0, 0.1) is 5.92 Å². The molecular weight excluding hydrogens is 418 g/mol. The van der Waals surface area contributed by atoms with Gasteiger partial charge in [-0.15, -0.1) is 0 Å². The minimum atomic E-state index is -0.539. The van der Waals surface area contributed by atoms with Crippen molar-refractivity contribution in [2.24, 2.45) is 5.92 Å². The highest BCUT2D eigenvalue weighted by Crippen LogP contribution is 2.35. The normalized spacial score (nSPS) is 16.5. The van der Waals surface area contributed by atoms with E-state index in [1.165, 1.54) is 5.56 Å². The molecule has 180 valence electrons. The fourth-order valence-corrected chi connectivity index (χ4v) is 4.24. The molecule has 0 heterocycles. The number of benzene rings is 2. The first-order valence-electron chi connectivity index (χ1n) is 11.7. The van der Waals surface area contributed by atoms with E-state index in [9.17, 15) is 9.90 Å². The maximum absolute atomic E-state index is 12.1. The Morgan fingerprint density at radius 2 is 2.00 bits per heavy atom. The first-order valence-corrected chi connectivity index (χ1v) is 11.7. The zero-order valence-electron chi connectivity index (χ0n) is 19.8. The molecule has 1 aliphatic carbocycles. The van der Waals surface area contributed by atoms with E-state index in [1.807, 2.05) is 55.4 Å². The maximum Gasteiger partial charge on any atom is 0.257 e. The van der Waals surface area contributed by atoms with Gasteiger partial charge in [0.05, 0.1) is 11.8 Å². The number of rotatable bonds is 11. The van der Waals surface area contributed by atoms with Crippen LogP contribution in [-0.2, 0) is 17.6 Å². The van der Waals surface area contributed by atoms with Crippen LogP contribution >= 0.6 is 0 Å². The number of nitrogens with zero attached hydrogens (tertiary/aromatic N) is 1. The number of ether oxygens (including phenoxy) is 2. The van der Waals surface area contributed by atoms with Crippen molar-refractivity contribution in [1.82, 2.24) is 10.2 Å². The second kappa shape index (κ2) is 12.5. The van der Waals surface area contributed by atoms with Crippen LogP contribution in [0.15, 0.2) is 42.5 Å². The smallest absolute Gasteiger partial charge is 0.257 e. The molecule has 0 aromatic heterocycles. The fourth-order valence-electron chi connectivity index (χ4n) is 4.24. The lowest BCUT2D eigenvalue weighted by molar-refractivity contribution is -0.123. The van der Waals surface area contributed by atoms with Crippen molar-refractivity contribution in [2.45, 2.75) is 38.2 Å². The molecule has 7 heteroatoms. The number of amides is 1. The summed E-state index contributed by atoms with van der Waals surface area (Å²) in [7, 11) is 3.92. The summed E-state index contributed by atoms with van der Waals surface area (Å²) in [4.78, 5) is 14.1. The van der Waals surface area contributed by atoms with E-state index >= 15 is 0 Å². The van der Waals surface area contributed by atoms with Gasteiger partial charge in [0.15, 0.2) is 6.61 Å². The number of anilines is 1. The van der Waals surface area contributed by atoms with Gasteiger partial charge in [0, 0.05) is 13.1 Å². The fraction of sp³-hybridized carbons (Fsp3) is 0.500. The van der Waals surface area contributed by atoms with Gasteiger partial charge in [0.2, 0.25) is 0 Å². The first-order chi connectivity index (χ1) is 15.9. The van der Waals surface area contributed by atoms with Gasteiger partial charge in [-0.1, -0.05) is 24.3 Å². The average Bonchev–Trinajstić information content (AvgIpc) is 3.00. The van der Waals surface area contributed by atoms with Gasteiger partial charge in [0.1, 0.15) is 18.1 Å². The van der Waals surface area contributed by atoms with Crippen molar-refractivity contribution in [3.05, 3.63) is 53.6 Å². The predicted octanol–water partition coefficient (Wildman–Crippen LogP) is 2.65. The summed E-state index contributed by atoms with van der Waals surface area (Å²) < 4.78 is 11.5. The number of aryl methyl sites for hydroxylation is 1. The van der Waals surface area contributed by atoms with Gasteiger partial charge in [-0.25, -0.2) is 0 Å². The quantitative estimate of drug-likeness (QED) is 0.356. The van der Waals surface area contributed by atoms with E-state index in [-0.39, 0.29) is 19.1 Å². The van der Waals surface area contributed by atoms with Gasteiger partial charge in [-0.3, -0.25) is 4.79 Å². The Kier molecular flexibility index (Phi) is 9.39. The molecule has 33 heavy (non-hydrogen) atoms. The molecule has 0 aliphatic heterocycles. The number of aliphatic hydroxyl groups is 1. The molecule has 0 saturated heterocycles. The Hall–Kier alpha value is -2.77. The van der Waals surface area contributed by atoms with Crippen LogP contribution in [0.5, 0.6) is 11.5 Å². The molecule has 2 aromatic rings. The highest BCUT2D eigenvalue weighted by atomic mass is 16.5. The zero-order valence-corrected chi connectivity index (χ0v) is 19.8. The second-order valence-electron chi connectivity index (χ2n) is 9.03. The molecule has 1 amide bonds. The van der Waals surface area contributed by atoms with Gasteiger partial charge in [-0.2, -0.15) is 0 Å². The molecule has 0 bridgehead atoms. The molecule has 7 nitrogen and oxygen atoms in total. The number of para-hydroxylation sites is 1. The third-order valence-corrected chi connectivity index (χ3v) is 6.00. The summed E-state index contributed by atoms with van der Waals surface area (Å²) in [6.07, 6.45) is 3.95. The SMILES string of the molecule is CN(C)CCNC(=O)COc1ccc2c(c1N)CC(C[C@H](O)COc1ccccc1)CCC2. The third-order valence-electron chi connectivity index (χ3n) is 6.00. The van der Waals surface area contributed by atoms with E-state index < -0.39 is 6.10 Å². The monoisotopic (exact) mass is 455 g/mol. The zero-order chi connectivity index (χ0) is 23.6. The molecule has 2 atom stereocenters. The van der Waals surface area contributed by atoms with Gasteiger partial charge < -0.3 is 30.5 Å². The van der Waals surface area contributed by atoms with Crippen LogP contribution in [-0.4, -0.2) is 62.4 Å². The lowest BCUT2D eigenvalue weighted by atomic mass is 9.91. The molecule has 0 saturated carbocycles. The summed E-state index contributed by atoms with van der Waals surface area (Å²) in [5.41, 5.74) is 9.40. The first kappa shape index (κ1) is 24.9. The van der Waals surface area contributed by atoms with E-state index in [0.717, 1.165) is 43.5 Å². The Labute approximate surface area is 196 Å². The van der Waals surface area contributed by atoms with Crippen molar-refractivity contribution in [1.29, 1.82) is 0 Å². The summed E-state index contributed by atoms with van der Waals surface area (Å²) in [5, 5.41) is 13.4. The lowest BCUT2D eigenvalue weighted by Crippen LogP contribution is -2.34. The Balaban J connectivity index is 1.55. The van der Waals surface area contributed by atoms with Crippen molar-refractivity contribution in [3.63, 3.8) is 0 Å². The van der Waals surface area contributed by atoms with Crippen LogP contribution in [0.1, 0.15) is 30.4 Å². The number of hydrogen-bond acceptors (Lipinski definition) is 6. The van der Waals surface area contributed by atoms with Crippen molar-refractivity contribution in [3.8, 4) is 11.5 Å². The summed E-state index contributed by atoms with van der Waals surface area (Å²) in [5.74, 6) is 1.46. The molecule has 0 fully saturated rings. The van der Waals surface area contributed by atoms with E-state index in [4.69, 9.17) is 15.2 Å². The second-order valence-corrected chi connectivity index (χ2v) is 9.03. The highest BCUT2D eigenvalue weighted by molar-refractivity contribution is 5.77.